The number of hydrogen-bond donors (Lipinski definition) is 0. The van der Waals surface area contributed by atoms with Gasteiger partial charge in [0.1, 0.15) is 0 Å². The van der Waals surface area contributed by atoms with Gasteiger partial charge in [-0.25, -0.2) is 0 Å². The van der Waals surface area contributed by atoms with Crippen LogP contribution >= 0.6 is 0 Å². The molecule has 0 spiro atoms. The van der Waals surface area contributed by atoms with Gasteiger partial charge in [-0.1, -0.05) is 24.3 Å². The lowest BCUT2D eigenvalue weighted by atomic mass is 9.98. The molecule has 1 heterocycles. The van der Waals surface area contributed by atoms with E-state index in [1.54, 1.807) is 0 Å². The largest absolute Gasteiger partial charge is 0.252 e. The van der Waals surface area contributed by atoms with E-state index >= 15 is 0 Å². The van der Waals surface area contributed by atoms with Crippen LogP contribution in [0.1, 0.15) is 27.9 Å². The molecule has 0 saturated carbocycles. The second kappa shape index (κ2) is 3.92. The van der Waals surface area contributed by atoms with Crippen molar-refractivity contribution in [2.45, 2.75) is 27.2 Å². The van der Waals surface area contributed by atoms with E-state index in [9.17, 15) is 0 Å². The molecule has 0 radical (unpaired) electrons. The minimum Gasteiger partial charge on any atom is -0.252 e. The lowest BCUT2D eigenvalue weighted by molar-refractivity contribution is 1.12. The van der Waals surface area contributed by atoms with Crippen LogP contribution in [0.5, 0.6) is 0 Å². The number of benzene rings is 2. The Bertz CT molecular complexity index is 859. The molecule has 0 saturated heterocycles. The van der Waals surface area contributed by atoms with Crippen molar-refractivity contribution in [1.29, 1.82) is 0 Å². The molecule has 0 bridgehead atoms. The summed E-state index contributed by atoms with van der Waals surface area (Å²) in [6.45, 7) is 6.53. The molecule has 1 aliphatic carbocycles. The summed E-state index contributed by atoms with van der Waals surface area (Å²) in [5.74, 6) is 0. The SMILES string of the molecule is Cc1ccc2cc3c(nc2c1)Cc1c-3ccc(C)c1C. The van der Waals surface area contributed by atoms with Gasteiger partial charge in [-0.3, -0.25) is 4.98 Å². The molecule has 4 rings (SSSR count). The summed E-state index contributed by atoms with van der Waals surface area (Å²) in [6.07, 6.45) is 0.974. The minimum absolute atomic E-state index is 0.974. The maximum Gasteiger partial charge on any atom is 0.0708 e. The van der Waals surface area contributed by atoms with Crippen molar-refractivity contribution < 1.29 is 0 Å². The molecule has 1 aliphatic rings. The normalized spacial score (nSPS) is 12.6. The molecule has 3 aromatic rings. The van der Waals surface area contributed by atoms with E-state index in [1.165, 1.54) is 44.5 Å². The number of rotatable bonds is 0. The molecule has 0 amide bonds. The molecular weight excluding hydrogens is 242 g/mol. The number of aryl methyl sites for hydroxylation is 2. The zero-order valence-electron chi connectivity index (χ0n) is 12.1. The zero-order valence-corrected chi connectivity index (χ0v) is 12.1. The van der Waals surface area contributed by atoms with Gasteiger partial charge in [0.15, 0.2) is 0 Å². The zero-order chi connectivity index (χ0) is 13.9. The van der Waals surface area contributed by atoms with E-state index < -0.39 is 0 Å². The Hall–Kier alpha value is -2.15. The van der Waals surface area contributed by atoms with Crippen LogP contribution < -0.4 is 0 Å². The predicted molar refractivity (Wildman–Crippen MR) is 84.2 cm³/mol. The highest BCUT2D eigenvalue weighted by atomic mass is 14.7. The summed E-state index contributed by atoms with van der Waals surface area (Å²) in [4.78, 5) is 4.90. The number of pyridine rings is 1. The fourth-order valence-electron chi connectivity index (χ4n) is 3.21. The Morgan fingerprint density at radius 2 is 1.75 bits per heavy atom. The molecule has 20 heavy (non-hydrogen) atoms. The Morgan fingerprint density at radius 3 is 2.60 bits per heavy atom. The van der Waals surface area contributed by atoms with E-state index in [2.05, 4.69) is 57.2 Å². The van der Waals surface area contributed by atoms with Crippen molar-refractivity contribution in [2.24, 2.45) is 0 Å². The summed E-state index contributed by atoms with van der Waals surface area (Å²) in [5.41, 5.74) is 10.6. The molecule has 1 heteroatoms. The molecule has 0 aliphatic heterocycles. The molecular formula is C19H17N. The Labute approximate surface area is 119 Å². The Morgan fingerprint density at radius 1 is 0.900 bits per heavy atom. The fraction of sp³-hybridized carbons (Fsp3) is 0.211. The number of hydrogen-bond acceptors (Lipinski definition) is 1. The molecule has 0 atom stereocenters. The van der Waals surface area contributed by atoms with Crippen LogP contribution in [-0.4, -0.2) is 4.98 Å². The Balaban J connectivity index is 2.02. The maximum absolute atomic E-state index is 4.90. The van der Waals surface area contributed by atoms with Gasteiger partial charge < -0.3 is 0 Å². The minimum atomic E-state index is 0.974. The third-order valence-electron chi connectivity index (χ3n) is 4.56. The fourth-order valence-corrected chi connectivity index (χ4v) is 3.21. The number of aromatic nitrogens is 1. The van der Waals surface area contributed by atoms with Crippen LogP contribution in [0.15, 0.2) is 36.4 Å². The third-order valence-corrected chi connectivity index (χ3v) is 4.56. The van der Waals surface area contributed by atoms with Crippen LogP contribution in [0.4, 0.5) is 0 Å². The van der Waals surface area contributed by atoms with E-state index in [1.807, 2.05) is 0 Å². The monoisotopic (exact) mass is 259 g/mol. The standard InChI is InChI=1S/C19H17N/c1-11-4-6-14-9-17-15-7-5-12(2)13(3)16(15)10-19(17)20-18(14)8-11/h4-9H,10H2,1-3H3. The molecule has 98 valence electrons. The third kappa shape index (κ3) is 1.53. The maximum atomic E-state index is 4.90. The Kier molecular flexibility index (Phi) is 2.29. The van der Waals surface area contributed by atoms with Crippen molar-refractivity contribution >= 4 is 10.9 Å². The van der Waals surface area contributed by atoms with E-state index in [-0.39, 0.29) is 0 Å². The average Bonchev–Trinajstić information content (AvgIpc) is 2.79. The lowest BCUT2D eigenvalue weighted by Gasteiger charge is -2.07. The quantitative estimate of drug-likeness (QED) is 0.445. The lowest BCUT2D eigenvalue weighted by Crippen LogP contribution is -1.91. The summed E-state index contributed by atoms with van der Waals surface area (Å²) in [7, 11) is 0. The van der Waals surface area contributed by atoms with Crippen molar-refractivity contribution in [1.82, 2.24) is 4.98 Å². The first-order valence-corrected chi connectivity index (χ1v) is 7.13. The van der Waals surface area contributed by atoms with Crippen LogP contribution in [0.3, 0.4) is 0 Å². The summed E-state index contributed by atoms with van der Waals surface area (Å²) >= 11 is 0. The molecule has 0 fully saturated rings. The van der Waals surface area contributed by atoms with Crippen molar-refractivity contribution in [3.63, 3.8) is 0 Å². The van der Waals surface area contributed by atoms with Crippen LogP contribution in [-0.2, 0) is 6.42 Å². The summed E-state index contributed by atoms with van der Waals surface area (Å²) in [5, 5.41) is 1.24. The van der Waals surface area contributed by atoms with E-state index in [0.29, 0.717) is 0 Å². The topological polar surface area (TPSA) is 12.9 Å². The van der Waals surface area contributed by atoms with Gasteiger partial charge in [0, 0.05) is 17.4 Å². The average molecular weight is 259 g/mol. The summed E-state index contributed by atoms with van der Waals surface area (Å²) < 4.78 is 0. The van der Waals surface area contributed by atoms with Gasteiger partial charge in [0.25, 0.3) is 0 Å². The highest BCUT2D eigenvalue weighted by Crippen LogP contribution is 2.39. The molecule has 0 N–H and O–H groups in total. The highest BCUT2D eigenvalue weighted by molar-refractivity contribution is 5.88. The second-order valence-corrected chi connectivity index (χ2v) is 5.89. The van der Waals surface area contributed by atoms with Gasteiger partial charge in [-0.05, 0) is 60.7 Å². The number of fused-ring (bicyclic) bond motifs is 4. The first kappa shape index (κ1) is 11.7. The first-order chi connectivity index (χ1) is 9.63. The van der Waals surface area contributed by atoms with Gasteiger partial charge >= 0.3 is 0 Å². The van der Waals surface area contributed by atoms with Crippen LogP contribution in [0, 0.1) is 20.8 Å². The summed E-state index contributed by atoms with van der Waals surface area (Å²) in [6, 6.07) is 13.3. The second-order valence-electron chi connectivity index (χ2n) is 5.89. The molecule has 1 aromatic heterocycles. The predicted octanol–water partition coefficient (Wildman–Crippen LogP) is 4.73. The molecule has 0 unspecified atom stereocenters. The van der Waals surface area contributed by atoms with Gasteiger partial charge in [-0.2, -0.15) is 0 Å². The van der Waals surface area contributed by atoms with Crippen molar-refractivity contribution in [3.8, 4) is 11.1 Å². The van der Waals surface area contributed by atoms with Crippen LogP contribution in [0.25, 0.3) is 22.0 Å². The van der Waals surface area contributed by atoms with E-state index in [0.717, 1.165) is 11.9 Å². The first-order valence-electron chi connectivity index (χ1n) is 7.13. The number of nitrogens with zero attached hydrogens (tertiary/aromatic N) is 1. The van der Waals surface area contributed by atoms with Crippen LogP contribution in [0.2, 0.25) is 0 Å². The highest BCUT2D eigenvalue weighted by Gasteiger charge is 2.22. The van der Waals surface area contributed by atoms with Gasteiger partial charge in [0.2, 0.25) is 0 Å². The van der Waals surface area contributed by atoms with Crippen molar-refractivity contribution in [2.75, 3.05) is 0 Å². The van der Waals surface area contributed by atoms with Gasteiger partial charge in [0.05, 0.1) is 11.2 Å². The molecule has 2 aromatic carbocycles. The van der Waals surface area contributed by atoms with Crippen molar-refractivity contribution in [3.05, 3.63) is 64.3 Å². The molecule has 1 nitrogen and oxygen atoms in total. The van der Waals surface area contributed by atoms with Gasteiger partial charge in [-0.15, -0.1) is 0 Å². The smallest absolute Gasteiger partial charge is 0.0708 e. The van der Waals surface area contributed by atoms with E-state index in [4.69, 9.17) is 4.98 Å².